The highest BCUT2D eigenvalue weighted by atomic mass is 14.9. The molecule has 2 bridgehead atoms. The summed E-state index contributed by atoms with van der Waals surface area (Å²) in [7, 11) is 2.14. The lowest BCUT2D eigenvalue weighted by Crippen LogP contribution is -2.35. The Morgan fingerprint density at radius 2 is 1.47 bits per heavy atom. The average Bonchev–Trinajstić information content (AvgIpc) is 2.78. The van der Waals surface area contributed by atoms with Gasteiger partial charge in [-0.05, 0) is 102 Å². The fourth-order valence-electron chi connectivity index (χ4n) is 7.00. The third-order valence-electron chi connectivity index (χ3n) is 8.57. The number of fused-ring (bicyclic) bond motifs is 3. The predicted molar refractivity (Wildman–Crippen MR) is 136 cm³/mol. The van der Waals surface area contributed by atoms with Gasteiger partial charge >= 0.3 is 0 Å². The fourth-order valence-corrected chi connectivity index (χ4v) is 7.00. The van der Waals surface area contributed by atoms with Crippen LogP contribution < -0.4 is 4.57 Å². The van der Waals surface area contributed by atoms with Gasteiger partial charge in [-0.1, -0.05) is 45.9 Å². The average molecular weight is 428 g/mol. The Balaban J connectivity index is 1.75. The fraction of sp³-hybridized carbons (Fsp3) is 0.516. The van der Waals surface area contributed by atoms with Crippen LogP contribution in [-0.2, 0) is 7.05 Å². The van der Waals surface area contributed by atoms with Gasteiger partial charge in [0, 0.05) is 13.0 Å². The van der Waals surface area contributed by atoms with Crippen LogP contribution in [0.25, 0.3) is 22.0 Å². The van der Waals surface area contributed by atoms with Gasteiger partial charge in [0.15, 0.2) is 5.69 Å². The molecule has 1 saturated carbocycles. The van der Waals surface area contributed by atoms with Gasteiger partial charge in [-0.25, -0.2) is 0 Å². The maximum absolute atomic E-state index is 8.99. The van der Waals surface area contributed by atoms with Crippen molar-refractivity contribution in [3.05, 3.63) is 64.3 Å². The SMILES string of the molecule is [2H]c1c(C)[n+](C)c(-c2cc3c(cc2C)C2CCC3CC2)c2ccc(C(C(C)C)C(C)C)cc12. The molecular formula is C31H40N+. The second-order valence-corrected chi connectivity index (χ2v) is 11.3. The number of benzene rings is 2. The summed E-state index contributed by atoms with van der Waals surface area (Å²) < 4.78 is 11.3. The lowest BCUT2D eigenvalue weighted by Gasteiger charge is -2.38. The molecule has 1 heterocycles. The summed E-state index contributed by atoms with van der Waals surface area (Å²) in [5.41, 5.74) is 9.65. The Kier molecular flexibility index (Phi) is 5.12. The van der Waals surface area contributed by atoms with E-state index in [0.29, 0.717) is 23.8 Å². The topological polar surface area (TPSA) is 3.88 Å². The van der Waals surface area contributed by atoms with E-state index in [1.807, 2.05) is 0 Å². The van der Waals surface area contributed by atoms with Crippen LogP contribution in [0.5, 0.6) is 0 Å². The summed E-state index contributed by atoms with van der Waals surface area (Å²) >= 11 is 0. The third kappa shape index (κ3) is 3.40. The van der Waals surface area contributed by atoms with Crippen molar-refractivity contribution in [3.8, 4) is 11.3 Å². The van der Waals surface area contributed by atoms with Crippen molar-refractivity contribution in [2.45, 2.75) is 85.0 Å². The van der Waals surface area contributed by atoms with Crippen LogP contribution in [0.15, 0.2) is 36.4 Å². The van der Waals surface area contributed by atoms with E-state index in [1.165, 1.54) is 53.5 Å². The molecule has 2 aromatic carbocycles. The molecule has 0 atom stereocenters. The van der Waals surface area contributed by atoms with E-state index in [-0.39, 0.29) is 0 Å². The largest absolute Gasteiger partial charge is 0.220 e. The molecule has 168 valence electrons. The van der Waals surface area contributed by atoms with Gasteiger partial charge < -0.3 is 0 Å². The molecule has 3 aliphatic rings. The van der Waals surface area contributed by atoms with Gasteiger partial charge in [-0.2, -0.15) is 4.57 Å². The summed E-state index contributed by atoms with van der Waals surface area (Å²) in [6.45, 7) is 13.7. The van der Waals surface area contributed by atoms with Crippen molar-refractivity contribution in [2.24, 2.45) is 18.9 Å². The van der Waals surface area contributed by atoms with Gasteiger partial charge in [0.05, 0.1) is 12.3 Å². The van der Waals surface area contributed by atoms with Crippen LogP contribution in [0.4, 0.5) is 0 Å². The summed E-state index contributed by atoms with van der Waals surface area (Å²) in [6.07, 6.45) is 5.45. The van der Waals surface area contributed by atoms with Crippen molar-refractivity contribution in [1.29, 1.82) is 0 Å². The normalized spacial score (nSPS) is 20.5. The monoisotopic (exact) mass is 427 g/mol. The molecule has 1 fully saturated rings. The second-order valence-electron chi connectivity index (χ2n) is 11.3. The van der Waals surface area contributed by atoms with E-state index in [9.17, 15) is 0 Å². The van der Waals surface area contributed by atoms with Crippen molar-refractivity contribution in [1.82, 2.24) is 0 Å². The second kappa shape index (κ2) is 8.01. The molecule has 1 aromatic heterocycles. The number of hydrogen-bond donors (Lipinski definition) is 0. The van der Waals surface area contributed by atoms with Crippen molar-refractivity contribution >= 4 is 10.8 Å². The highest BCUT2D eigenvalue weighted by Gasteiger charge is 2.34. The van der Waals surface area contributed by atoms with E-state index in [1.54, 1.807) is 11.1 Å². The Hall–Kier alpha value is -2.15. The lowest BCUT2D eigenvalue weighted by atomic mass is 9.66. The van der Waals surface area contributed by atoms with E-state index in [0.717, 1.165) is 22.9 Å². The summed E-state index contributed by atoms with van der Waals surface area (Å²) in [5, 5.41) is 2.31. The lowest BCUT2D eigenvalue weighted by molar-refractivity contribution is -0.665. The molecule has 1 nitrogen and oxygen atoms in total. The molecule has 0 saturated heterocycles. The maximum Gasteiger partial charge on any atom is 0.220 e. The first-order chi connectivity index (χ1) is 15.7. The molecule has 32 heavy (non-hydrogen) atoms. The Morgan fingerprint density at radius 1 is 0.875 bits per heavy atom. The summed E-state index contributed by atoms with van der Waals surface area (Å²) in [5.74, 6) is 3.17. The molecule has 6 rings (SSSR count). The molecule has 3 aliphatic carbocycles. The van der Waals surface area contributed by atoms with E-state index in [4.69, 9.17) is 1.37 Å². The first-order valence-corrected chi connectivity index (χ1v) is 12.8. The van der Waals surface area contributed by atoms with Crippen molar-refractivity contribution in [2.75, 3.05) is 0 Å². The first kappa shape index (κ1) is 20.5. The zero-order valence-electron chi connectivity index (χ0n) is 22.0. The molecule has 0 unspecified atom stereocenters. The van der Waals surface area contributed by atoms with Crippen LogP contribution in [0, 0.1) is 25.7 Å². The van der Waals surface area contributed by atoms with Crippen LogP contribution in [-0.4, -0.2) is 0 Å². The maximum atomic E-state index is 8.99. The Morgan fingerprint density at radius 3 is 2.06 bits per heavy atom. The van der Waals surface area contributed by atoms with E-state index >= 15 is 0 Å². The van der Waals surface area contributed by atoms with Crippen LogP contribution in [0.3, 0.4) is 0 Å². The molecular weight excluding hydrogens is 386 g/mol. The number of aryl methyl sites for hydroxylation is 1. The van der Waals surface area contributed by atoms with Crippen molar-refractivity contribution < 1.29 is 5.94 Å². The smallest absolute Gasteiger partial charge is 0.198 e. The van der Waals surface area contributed by atoms with Crippen molar-refractivity contribution in [3.63, 3.8) is 0 Å². The van der Waals surface area contributed by atoms with E-state index < -0.39 is 0 Å². The quantitative estimate of drug-likeness (QED) is 0.370. The Bertz CT molecular complexity index is 1220. The summed E-state index contributed by atoms with van der Waals surface area (Å²) in [4.78, 5) is 0. The summed E-state index contributed by atoms with van der Waals surface area (Å²) in [6, 6.07) is 12.7. The number of aromatic nitrogens is 1. The standard InChI is InChI=1S/C31H40N/c1-18(2)30(19(3)4)24-12-13-26-25(16-24)15-21(6)32(7)31(26)27-17-29-23-10-8-22(9-11-23)28(29)14-20(27)5/h12-19,22-23,30H,8-11H2,1-7H3/q+1/i15D. The van der Waals surface area contributed by atoms with Crippen LogP contribution in [0.2, 0.25) is 0 Å². The molecule has 0 aliphatic heterocycles. The Labute approximate surface area is 196 Å². The third-order valence-corrected chi connectivity index (χ3v) is 8.57. The number of rotatable bonds is 4. The molecule has 0 spiro atoms. The van der Waals surface area contributed by atoms with Gasteiger partial charge in [0.25, 0.3) is 0 Å². The van der Waals surface area contributed by atoms with E-state index in [2.05, 4.69) is 83.5 Å². The molecule has 0 amide bonds. The van der Waals surface area contributed by atoms with Gasteiger partial charge in [-0.3, -0.25) is 0 Å². The van der Waals surface area contributed by atoms with Gasteiger partial charge in [-0.15, -0.1) is 0 Å². The number of pyridine rings is 1. The first-order valence-electron chi connectivity index (χ1n) is 13.3. The molecule has 3 aromatic rings. The number of hydrogen-bond acceptors (Lipinski definition) is 0. The zero-order chi connectivity index (χ0) is 23.6. The zero-order valence-corrected chi connectivity index (χ0v) is 21.0. The van der Waals surface area contributed by atoms with Gasteiger partial charge in [0.2, 0.25) is 5.69 Å². The minimum absolute atomic E-state index is 0.507. The predicted octanol–water partition coefficient (Wildman–Crippen LogP) is 8.10. The highest BCUT2D eigenvalue weighted by molar-refractivity contribution is 5.94. The molecule has 1 heteroatoms. The number of nitrogens with zero attached hydrogens (tertiary/aromatic N) is 1. The van der Waals surface area contributed by atoms with Crippen LogP contribution in [0.1, 0.15) is 100 Å². The van der Waals surface area contributed by atoms with Crippen LogP contribution >= 0.6 is 0 Å². The molecule has 0 N–H and O–H groups in total. The highest BCUT2D eigenvalue weighted by Crippen LogP contribution is 2.51. The molecule has 0 radical (unpaired) electrons. The minimum atomic E-state index is 0.507. The minimum Gasteiger partial charge on any atom is -0.198 e. The van der Waals surface area contributed by atoms with Gasteiger partial charge in [0.1, 0.15) is 7.05 Å².